The summed E-state index contributed by atoms with van der Waals surface area (Å²) in [5.74, 6) is -1.04. The third-order valence-electron chi connectivity index (χ3n) is 3.62. The van der Waals surface area contributed by atoms with E-state index in [0.29, 0.717) is 10.6 Å². The summed E-state index contributed by atoms with van der Waals surface area (Å²) in [7, 11) is 0. The van der Waals surface area contributed by atoms with Gasteiger partial charge >= 0.3 is 5.97 Å². The molecule has 1 aromatic heterocycles. The van der Waals surface area contributed by atoms with Crippen LogP contribution in [0.5, 0.6) is 0 Å². The van der Waals surface area contributed by atoms with Crippen molar-refractivity contribution < 1.29 is 14.3 Å². The molecule has 0 unspecified atom stereocenters. The van der Waals surface area contributed by atoms with Crippen LogP contribution in [-0.4, -0.2) is 18.5 Å². The number of thiophene rings is 1. The molecule has 7 heteroatoms. The number of rotatable bonds is 5. The lowest BCUT2D eigenvalue weighted by Gasteiger charge is -2.07. The molecule has 1 heterocycles. The van der Waals surface area contributed by atoms with Gasteiger partial charge < -0.3 is 10.1 Å². The Balaban J connectivity index is 2.33. The van der Waals surface area contributed by atoms with Gasteiger partial charge in [0.1, 0.15) is 16.6 Å². The molecule has 0 saturated heterocycles. The van der Waals surface area contributed by atoms with Gasteiger partial charge in [-0.05, 0) is 72.7 Å². The Labute approximate surface area is 169 Å². The first-order valence-corrected chi connectivity index (χ1v) is 9.72. The van der Waals surface area contributed by atoms with Gasteiger partial charge in [-0.1, -0.05) is 12.1 Å². The van der Waals surface area contributed by atoms with Gasteiger partial charge in [0.05, 0.1) is 12.2 Å². The Morgan fingerprint density at radius 2 is 2.12 bits per heavy atom. The predicted octanol–water partition coefficient (Wildman–Crippen LogP) is 4.69. The second kappa shape index (κ2) is 8.96. The second-order valence-corrected chi connectivity index (χ2v) is 7.86. The number of hydrogen-bond donors (Lipinski definition) is 1. The number of nitrogens with one attached hydrogen (secondary N) is 1. The molecule has 26 heavy (non-hydrogen) atoms. The van der Waals surface area contributed by atoms with Crippen molar-refractivity contribution in [3.63, 3.8) is 0 Å². The van der Waals surface area contributed by atoms with E-state index < -0.39 is 11.9 Å². The topological polar surface area (TPSA) is 79.2 Å². The molecule has 0 aliphatic rings. The van der Waals surface area contributed by atoms with Crippen molar-refractivity contribution in [1.29, 1.82) is 5.26 Å². The zero-order chi connectivity index (χ0) is 19.3. The van der Waals surface area contributed by atoms with Crippen LogP contribution in [-0.2, 0) is 9.53 Å². The summed E-state index contributed by atoms with van der Waals surface area (Å²) in [5, 5.41) is 12.4. The molecular formula is C19H17IN2O3S. The molecule has 0 saturated carbocycles. The van der Waals surface area contributed by atoms with E-state index in [1.807, 2.05) is 37.3 Å². The molecule has 0 aliphatic heterocycles. The van der Waals surface area contributed by atoms with Gasteiger partial charge in [0, 0.05) is 8.45 Å². The fourth-order valence-electron chi connectivity index (χ4n) is 2.25. The third-order valence-corrected chi connectivity index (χ3v) is 5.41. The summed E-state index contributed by atoms with van der Waals surface area (Å²) in [6.45, 7) is 5.64. The number of ether oxygens (including phenoxy) is 1. The number of carbonyl (C=O) groups is 2. The lowest BCUT2D eigenvalue weighted by molar-refractivity contribution is -0.112. The summed E-state index contributed by atoms with van der Waals surface area (Å²) < 4.78 is 6.08. The number of amides is 1. The van der Waals surface area contributed by atoms with Crippen molar-refractivity contribution in [2.24, 2.45) is 0 Å². The Morgan fingerprint density at radius 1 is 1.38 bits per heavy atom. The van der Waals surface area contributed by atoms with Crippen molar-refractivity contribution in [2.45, 2.75) is 20.8 Å². The monoisotopic (exact) mass is 480 g/mol. The molecule has 134 valence electrons. The molecule has 0 radical (unpaired) electrons. The third kappa shape index (κ3) is 4.71. The highest BCUT2D eigenvalue weighted by Crippen LogP contribution is 2.33. The Morgan fingerprint density at radius 3 is 2.73 bits per heavy atom. The van der Waals surface area contributed by atoms with E-state index in [1.54, 1.807) is 13.8 Å². The Bertz CT molecular complexity index is 925. The average Bonchev–Trinajstić information content (AvgIpc) is 2.86. The first-order chi connectivity index (χ1) is 12.4. The smallest absolute Gasteiger partial charge is 0.341 e. The minimum Gasteiger partial charge on any atom is -0.462 e. The molecular weight excluding hydrogens is 463 g/mol. The molecule has 0 atom stereocenters. The maximum atomic E-state index is 12.5. The molecule has 0 aliphatic carbocycles. The quantitative estimate of drug-likeness (QED) is 0.292. The van der Waals surface area contributed by atoms with Crippen LogP contribution in [0.15, 0.2) is 29.8 Å². The van der Waals surface area contributed by atoms with Crippen LogP contribution < -0.4 is 5.32 Å². The summed E-state index contributed by atoms with van der Waals surface area (Å²) in [5.41, 5.74) is 1.83. The van der Waals surface area contributed by atoms with E-state index in [4.69, 9.17) is 4.74 Å². The van der Waals surface area contributed by atoms with E-state index in [1.165, 1.54) is 17.4 Å². The van der Waals surface area contributed by atoms with E-state index in [2.05, 4.69) is 27.9 Å². The number of esters is 1. The van der Waals surface area contributed by atoms with Gasteiger partial charge in [0.2, 0.25) is 0 Å². The molecule has 0 spiro atoms. The number of halogens is 1. The number of nitriles is 1. The summed E-state index contributed by atoms with van der Waals surface area (Å²) in [4.78, 5) is 25.6. The summed E-state index contributed by atoms with van der Waals surface area (Å²) >= 11 is 3.45. The van der Waals surface area contributed by atoms with Crippen molar-refractivity contribution in [2.75, 3.05) is 11.9 Å². The molecule has 1 aromatic carbocycles. The van der Waals surface area contributed by atoms with Gasteiger partial charge in [-0.3, -0.25) is 4.79 Å². The normalized spacial score (nSPS) is 11.0. The van der Waals surface area contributed by atoms with Crippen molar-refractivity contribution >= 4 is 56.9 Å². The fourth-order valence-corrected chi connectivity index (χ4v) is 3.86. The van der Waals surface area contributed by atoms with Crippen molar-refractivity contribution in [3.05, 3.63) is 55.0 Å². The fraction of sp³-hybridized carbons (Fsp3) is 0.211. The van der Waals surface area contributed by atoms with E-state index in [0.717, 1.165) is 19.6 Å². The minimum absolute atomic E-state index is 0.0366. The van der Waals surface area contributed by atoms with E-state index in [-0.39, 0.29) is 12.2 Å². The highest BCUT2D eigenvalue weighted by Gasteiger charge is 2.23. The lowest BCUT2D eigenvalue weighted by atomic mass is 10.1. The number of hydrogen-bond acceptors (Lipinski definition) is 5. The molecule has 1 amide bonds. The van der Waals surface area contributed by atoms with Crippen molar-refractivity contribution in [3.8, 4) is 6.07 Å². The summed E-state index contributed by atoms with van der Waals surface area (Å²) in [6, 6.07) is 9.38. The molecule has 0 bridgehead atoms. The molecule has 2 aromatic rings. The first-order valence-electron chi connectivity index (χ1n) is 7.83. The van der Waals surface area contributed by atoms with Crippen LogP contribution in [0.2, 0.25) is 0 Å². The Kier molecular flexibility index (Phi) is 6.94. The second-order valence-electron chi connectivity index (χ2n) is 5.39. The van der Waals surface area contributed by atoms with Crippen molar-refractivity contribution in [1.82, 2.24) is 0 Å². The average molecular weight is 480 g/mol. The standard InChI is InChI=1S/C19H17IN2O3S/c1-4-25-19(24)16-11(2)12(3)26-18(16)22-17(23)14(10-21)8-13-6-5-7-15(20)9-13/h5-9H,4H2,1-3H3,(H,22,23)/b14-8+. The highest BCUT2D eigenvalue weighted by molar-refractivity contribution is 14.1. The number of carbonyl (C=O) groups excluding carboxylic acids is 2. The van der Waals surface area contributed by atoms with Crippen LogP contribution in [0, 0.1) is 28.7 Å². The maximum absolute atomic E-state index is 12.5. The molecule has 1 N–H and O–H groups in total. The lowest BCUT2D eigenvalue weighted by Crippen LogP contribution is -2.16. The van der Waals surface area contributed by atoms with E-state index >= 15 is 0 Å². The molecule has 2 rings (SSSR count). The number of nitrogens with zero attached hydrogens (tertiary/aromatic N) is 1. The minimum atomic E-state index is -0.557. The highest BCUT2D eigenvalue weighted by atomic mass is 127. The summed E-state index contributed by atoms with van der Waals surface area (Å²) in [6.07, 6.45) is 1.52. The van der Waals surface area contributed by atoms with Gasteiger partial charge in [-0.2, -0.15) is 5.26 Å². The SMILES string of the molecule is CCOC(=O)c1c(NC(=O)/C(C#N)=C/c2cccc(I)c2)sc(C)c1C. The molecule has 5 nitrogen and oxygen atoms in total. The van der Waals surface area contributed by atoms with Gasteiger partial charge in [0.25, 0.3) is 5.91 Å². The van der Waals surface area contributed by atoms with Crippen LogP contribution >= 0.6 is 33.9 Å². The predicted molar refractivity (Wildman–Crippen MR) is 111 cm³/mol. The van der Waals surface area contributed by atoms with E-state index in [9.17, 15) is 14.9 Å². The number of anilines is 1. The largest absolute Gasteiger partial charge is 0.462 e. The molecule has 0 fully saturated rings. The van der Waals surface area contributed by atoms with Gasteiger partial charge in [-0.25, -0.2) is 4.79 Å². The number of aryl methyl sites for hydroxylation is 1. The van der Waals surface area contributed by atoms with Gasteiger partial charge in [-0.15, -0.1) is 11.3 Å². The maximum Gasteiger partial charge on any atom is 0.341 e. The van der Waals surface area contributed by atoms with Crippen LogP contribution in [0.4, 0.5) is 5.00 Å². The first kappa shape index (κ1) is 20.1. The Hall–Kier alpha value is -2.18. The van der Waals surface area contributed by atoms with Gasteiger partial charge in [0.15, 0.2) is 0 Å². The zero-order valence-corrected chi connectivity index (χ0v) is 17.5. The zero-order valence-electron chi connectivity index (χ0n) is 14.6. The van der Waals surface area contributed by atoms with Crippen LogP contribution in [0.25, 0.3) is 6.08 Å². The van der Waals surface area contributed by atoms with Crippen LogP contribution in [0.1, 0.15) is 33.3 Å². The number of benzene rings is 1. The van der Waals surface area contributed by atoms with Crippen LogP contribution in [0.3, 0.4) is 0 Å².